The molecule has 9 aromatic carbocycles. The molecule has 4 heterocycles. The third kappa shape index (κ3) is 13.5. The van der Waals surface area contributed by atoms with Crippen molar-refractivity contribution in [3.63, 3.8) is 0 Å². The van der Waals surface area contributed by atoms with E-state index >= 15 is 0 Å². The molecule has 0 spiro atoms. The quantitative estimate of drug-likeness (QED) is 0.124. The van der Waals surface area contributed by atoms with Crippen LogP contribution in [0, 0.1) is 6.92 Å². The van der Waals surface area contributed by atoms with Crippen molar-refractivity contribution in [2.24, 2.45) is 0 Å². The average molecular weight is 1410 g/mol. The number of fused-ring (bicyclic) bond motifs is 6. The lowest BCUT2D eigenvalue weighted by Crippen LogP contribution is -2.85. The van der Waals surface area contributed by atoms with Gasteiger partial charge in [-0.05, 0) is 59.9 Å². The van der Waals surface area contributed by atoms with E-state index < -0.39 is 100 Å². The average Bonchev–Trinajstić information content (AvgIpc) is 1.58. The lowest BCUT2D eigenvalue weighted by molar-refractivity contribution is -0.137. The smallest absolute Gasteiger partial charge is 0.422 e. The maximum Gasteiger partial charge on any atom is 0.521 e. The van der Waals surface area contributed by atoms with Gasteiger partial charge in [-0.2, -0.15) is 13.2 Å². The minimum absolute atomic E-state index is 0.00456. The first-order chi connectivity index (χ1) is 44.0. The Morgan fingerprint density at radius 2 is 0.769 bits per heavy atom. The Morgan fingerprint density at radius 1 is 0.396 bits per heavy atom. The molecule has 4 saturated heterocycles. The van der Waals surface area contributed by atoms with Gasteiger partial charge in [0.2, 0.25) is 0 Å². The van der Waals surface area contributed by atoms with Gasteiger partial charge in [0, 0.05) is 31.1 Å². The Morgan fingerprint density at radius 3 is 1.24 bits per heavy atom. The van der Waals surface area contributed by atoms with Crippen molar-refractivity contribution in [3.8, 4) is 0 Å². The highest BCUT2D eigenvalue weighted by Crippen LogP contribution is 2.41. The molecule has 0 saturated carbocycles. The fraction of sp³-hybridized carbons (Fsp3) is 0.0794. The van der Waals surface area contributed by atoms with Crippen LogP contribution < -0.4 is 36.3 Å². The lowest BCUT2D eigenvalue weighted by atomic mass is 10.1. The molecule has 4 aliphatic heterocycles. The Bertz CT molecular complexity index is 4000. The van der Waals surface area contributed by atoms with Gasteiger partial charge in [0.05, 0.1) is 11.8 Å². The minimum atomic E-state index is -5.29. The van der Waals surface area contributed by atoms with E-state index in [1.165, 1.54) is 12.1 Å². The number of hydrogen-bond acceptors (Lipinski definition) is 14. The molecule has 464 valence electrons. The van der Waals surface area contributed by atoms with Crippen LogP contribution in [-0.2, 0) is 64.1 Å². The number of benzene rings is 9. The third-order valence-corrected chi connectivity index (χ3v) is 56.0. The summed E-state index contributed by atoms with van der Waals surface area (Å²) >= 11 is 0. The van der Waals surface area contributed by atoms with E-state index in [9.17, 15) is 13.2 Å². The Hall–Kier alpha value is -5.92. The van der Waals surface area contributed by atoms with Crippen LogP contribution in [0.3, 0.4) is 0 Å². The summed E-state index contributed by atoms with van der Waals surface area (Å²) in [6, 6.07) is 79.5. The first-order valence-corrected chi connectivity index (χ1v) is 48.7. The molecule has 10 unspecified atom stereocenters. The van der Waals surface area contributed by atoms with E-state index in [0.717, 1.165) is 23.3 Å². The highest BCUT2D eigenvalue weighted by Gasteiger charge is 2.75. The molecule has 13 rings (SSSR count). The molecule has 0 aliphatic carbocycles. The maximum atomic E-state index is 14.1. The summed E-state index contributed by atoms with van der Waals surface area (Å²) in [7, 11) is -46.2. The molecule has 0 radical (unpaired) electrons. The maximum absolute atomic E-state index is 14.1. The van der Waals surface area contributed by atoms with E-state index in [1.54, 1.807) is 11.8 Å². The second-order valence-corrected chi connectivity index (χ2v) is 51.9. The molecule has 14 nitrogen and oxygen atoms in total. The van der Waals surface area contributed by atoms with Gasteiger partial charge in [-0.25, -0.2) is 0 Å². The molecular weight excluding hydrogens is 1350 g/mol. The van der Waals surface area contributed by atoms with Gasteiger partial charge in [0.25, 0.3) is 0 Å². The number of halogens is 3. The van der Waals surface area contributed by atoms with Crippen LogP contribution >= 0.6 is 0 Å². The van der Waals surface area contributed by atoms with Crippen LogP contribution in [0.4, 0.5) is 13.2 Å². The number of aryl methyl sites for hydroxylation is 1. The zero-order valence-electron chi connectivity index (χ0n) is 49.8. The topological polar surface area (TPSA) is 129 Å². The number of alkyl halides is 3. The molecular formula is C63H63F3O14Si11. The van der Waals surface area contributed by atoms with Crippen molar-refractivity contribution in [1.82, 2.24) is 0 Å². The highest BCUT2D eigenvalue weighted by atomic mass is 28.6. The molecule has 10 atom stereocenters. The predicted octanol–water partition coefficient (Wildman–Crippen LogP) is 6.49. The minimum Gasteiger partial charge on any atom is -0.422 e. The van der Waals surface area contributed by atoms with E-state index in [0.29, 0.717) is 41.9 Å². The SMILES string of the molecule is Cc1ccc(/C=C/[Si]2(C)O[Si]3(c4ccccc4)O[SiH](c4ccccc4)O[Si]4(c5ccccc5)OC[SiH]5O[Si](C)(/C=C/c6ccc(C(F)(F)F)cc6)O[Si](O[SiH3])(c6ccccc6)O[Si](c6ccccc6)(O3)O[Si](c3ccccc3)(O5)O[Si](c3ccccc3)(O2)O4)cc1. The Balaban J connectivity index is 1.21. The Kier molecular flexibility index (Phi) is 18.3. The summed E-state index contributed by atoms with van der Waals surface area (Å²) in [6.07, 6.45) is -1.19. The van der Waals surface area contributed by atoms with Gasteiger partial charge in [0.1, 0.15) is 10.5 Å². The molecule has 4 fully saturated rings. The van der Waals surface area contributed by atoms with Gasteiger partial charge in [-0.3, -0.25) is 0 Å². The molecule has 9 aromatic rings. The van der Waals surface area contributed by atoms with E-state index in [1.807, 2.05) is 268 Å². The fourth-order valence-corrected chi connectivity index (χ4v) is 61.6. The first kappa shape index (κ1) is 63.8. The van der Waals surface area contributed by atoms with Gasteiger partial charge < -0.3 is 57.9 Å². The van der Waals surface area contributed by atoms with Crippen LogP contribution in [0.2, 0.25) is 13.1 Å². The van der Waals surface area contributed by atoms with Crippen molar-refractivity contribution < 1.29 is 71.1 Å². The zero-order chi connectivity index (χ0) is 62.8. The summed E-state index contributed by atoms with van der Waals surface area (Å²) in [4.78, 5) is 0. The second kappa shape index (κ2) is 26.1. The van der Waals surface area contributed by atoms with Crippen molar-refractivity contribution in [2.45, 2.75) is 26.2 Å². The van der Waals surface area contributed by atoms with Crippen molar-refractivity contribution in [3.05, 3.63) is 295 Å². The molecule has 0 N–H and O–H groups in total. The third-order valence-electron chi connectivity index (χ3n) is 15.5. The Labute approximate surface area is 541 Å². The first-order valence-electron chi connectivity index (χ1n) is 29.5. The normalized spacial score (nSPS) is 30.5. The van der Waals surface area contributed by atoms with Gasteiger partial charge >= 0.3 is 94.7 Å². The largest absolute Gasteiger partial charge is 0.521 e. The summed E-state index contributed by atoms with van der Waals surface area (Å²) in [5.41, 5.74) is 5.31. The van der Waals surface area contributed by atoms with Gasteiger partial charge in [0.15, 0.2) is 0 Å². The van der Waals surface area contributed by atoms with Crippen LogP contribution in [0.5, 0.6) is 0 Å². The van der Waals surface area contributed by atoms with E-state index in [-0.39, 0.29) is 16.7 Å². The predicted molar refractivity (Wildman–Crippen MR) is 365 cm³/mol. The lowest BCUT2D eigenvalue weighted by Gasteiger charge is -2.53. The second-order valence-electron chi connectivity index (χ2n) is 22.2. The summed E-state index contributed by atoms with van der Waals surface area (Å²) in [6.45, 7) is 5.81. The standard InChI is InChI=1S/C63H63F3O14Si11/c1-52-39-41-53(42-40-52)48-50-85(3)74-89(60-33-19-8-20-34-60)72-83(56-25-11-4-12-26-56)71-86(57-27-13-5-14-28-57)67-51-82-69-84(2,49-47-54-43-45-55(46-44-54)63(64,65)66)73-87(68-81,58-29-15-6-16-30-58)77-91(80-89,62-37-23-10-24-38-62)79-88(70-82,59-31-17-7-18-32-59)78-90(75-85,76-86)61-35-21-9-22-36-61/h4-50,82-83H,51H2,1-3,81H3/b49-47+,50-48+. The van der Waals surface area contributed by atoms with Gasteiger partial charge in [-0.1, -0.05) is 266 Å². The molecule has 6 bridgehead atoms. The van der Waals surface area contributed by atoms with Crippen LogP contribution in [0.25, 0.3) is 12.2 Å². The molecule has 0 amide bonds. The monoisotopic (exact) mass is 1410 g/mol. The van der Waals surface area contributed by atoms with Crippen molar-refractivity contribution in [1.29, 1.82) is 0 Å². The van der Waals surface area contributed by atoms with Crippen molar-refractivity contribution >= 4 is 147 Å². The molecule has 28 heteroatoms. The van der Waals surface area contributed by atoms with E-state index in [4.69, 9.17) is 57.9 Å². The van der Waals surface area contributed by atoms with Gasteiger partial charge in [-0.15, -0.1) is 0 Å². The number of rotatable bonds is 12. The summed E-state index contributed by atoms with van der Waals surface area (Å²) in [5.74, 6) is 0. The molecule has 4 aliphatic rings. The fourth-order valence-electron chi connectivity index (χ4n) is 11.1. The molecule has 91 heavy (non-hydrogen) atoms. The van der Waals surface area contributed by atoms with Crippen LogP contribution in [0.15, 0.2) is 272 Å². The zero-order valence-corrected chi connectivity index (χ0v) is 62.2. The molecule has 0 aromatic heterocycles. The summed E-state index contributed by atoms with van der Waals surface area (Å²) < 4.78 is 156. The number of hydrogen-bond donors (Lipinski definition) is 0. The summed E-state index contributed by atoms with van der Waals surface area (Å²) in [5, 5.41) is 3.62. The van der Waals surface area contributed by atoms with E-state index in [2.05, 4.69) is 0 Å². The van der Waals surface area contributed by atoms with Crippen LogP contribution in [0.1, 0.15) is 22.3 Å². The van der Waals surface area contributed by atoms with Crippen LogP contribution in [-0.4, -0.2) is 105 Å². The highest BCUT2D eigenvalue weighted by molar-refractivity contribution is 7.07. The van der Waals surface area contributed by atoms with Crippen molar-refractivity contribution in [2.75, 3.05) is 6.23 Å².